The third-order valence-electron chi connectivity index (χ3n) is 6.79. The lowest BCUT2D eigenvalue weighted by molar-refractivity contribution is 0.482. The molecule has 0 aliphatic carbocycles. The van der Waals surface area contributed by atoms with Gasteiger partial charge in [-0.05, 0) is 56.1 Å². The molecule has 7 aromatic rings. The molecule has 4 heteroatoms. The lowest BCUT2D eigenvalue weighted by atomic mass is 9.88. The van der Waals surface area contributed by atoms with Gasteiger partial charge in [0, 0.05) is 40.7 Å². The summed E-state index contributed by atoms with van der Waals surface area (Å²) < 4.78 is 0. The maximum Gasteiger partial charge on any atom is 0.149 e. The predicted molar refractivity (Wildman–Crippen MR) is 142 cm³/mol. The van der Waals surface area contributed by atoms with Crippen LogP contribution >= 0.6 is 0 Å². The molecule has 0 bridgehead atoms. The zero-order valence-electron chi connectivity index (χ0n) is 18.7. The van der Waals surface area contributed by atoms with E-state index in [0.717, 1.165) is 60.0 Å². The van der Waals surface area contributed by atoms with Gasteiger partial charge < -0.3 is 5.11 Å². The second kappa shape index (κ2) is 7.61. The minimum Gasteiger partial charge on any atom is -0.505 e. The standard InChI is InChI=1S/C31H19N3O/c35-31-27(11-10-19-6-4-14-34-30(19)31)29-23-7-2-1-5-20(23)15-28-24-9-3-8-22(21-16-32-18-33-17-21)25(24)12-13-26(28)29/h1-18,35H. The van der Waals surface area contributed by atoms with E-state index in [2.05, 4.69) is 69.5 Å². The number of hydrogen-bond acceptors (Lipinski definition) is 4. The maximum atomic E-state index is 11.4. The minimum absolute atomic E-state index is 0.205. The van der Waals surface area contributed by atoms with Gasteiger partial charge in [-0.1, -0.05) is 66.7 Å². The minimum atomic E-state index is 0.205. The van der Waals surface area contributed by atoms with Crippen molar-refractivity contribution < 1.29 is 5.11 Å². The van der Waals surface area contributed by atoms with Crippen LogP contribution in [0.15, 0.2) is 110 Å². The molecule has 0 fully saturated rings. The molecule has 0 radical (unpaired) electrons. The molecule has 4 nitrogen and oxygen atoms in total. The number of phenolic OH excluding ortho intramolecular Hbond substituents is 1. The van der Waals surface area contributed by atoms with Crippen molar-refractivity contribution in [1.82, 2.24) is 15.0 Å². The SMILES string of the molecule is Oc1c(-c2c3ccccc3cc3c2ccc2c(-c4cncnc4)cccc23)ccc2cccnc12. The van der Waals surface area contributed by atoms with Crippen LogP contribution in [-0.4, -0.2) is 20.1 Å². The first kappa shape index (κ1) is 19.6. The van der Waals surface area contributed by atoms with Gasteiger partial charge in [-0.2, -0.15) is 0 Å². The molecule has 0 spiro atoms. The van der Waals surface area contributed by atoms with E-state index >= 15 is 0 Å². The molecule has 164 valence electrons. The molecule has 1 N–H and O–H groups in total. The quantitative estimate of drug-likeness (QED) is 0.219. The van der Waals surface area contributed by atoms with Gasteiger partial charge in [0.05, 0.1) is 0 Å². The Kier molecular flexibility index (Phi) is 4.26. The van der Waals surface area contributed by atoms with Crippen molar-refractivity contribution in [1.29, 1.82) is 0 Å². The highest BCUT2D eigenvalue weighted by Gasteiger charge is 2.17. The normalized spacial score (nSPS) is 11.5. The van der Waals surface area contributed by atoms with Gasteiger partial charge in [-0.25, -0.2) is 9.97 Å². The van der Waals surface area contributed by atoms with Gasteiger partial charge in [0.1, 0.15) is 17.6 Å². The first-order valence-electron chi connectivity index (χ1n) is 11.5. The van der Waals surface area contributed by atoms with E-state index in [4.69, 9.17) is 0 Å². The van der Waals surface area contributed by atoms with Crippen LogP contribution < -0.4 is 0 Å². The van der Waals surface area contributed by atoms with Crippen LogP contribution in [0.5, 0.6) is 5.75 Å². The zero-order chi connectivity index (χ0) is 23.4. The van der Waals surface area contributed by atoms with Gasteiger partial charge in [-0.3, -0.25) is 4.98 Å². The highest BCUT2D eigenvalue weighted by molar-refractivity contribution is 6.22. The van der Waals surface area contributed by atoms with Crippen LogP contribution in [0.3, 0.4) is 0 Å². The van der Waals surface area contributed by atoms with Gasteiger partial charge in [-0.15, -0.1) is 0 Å². The van der Waals surface area contributed by atoms with Crippen molar-refractivity contribution in [2.45, 2.75) is 0 Å². The van der Waals surface area contributed by atoms with Crippen LogP contribution in [0.25, 0.3) is 65.5 Å². The third kappa shape index (κ3) is 2.97. The van der Waals surface area contributed by atoms with Crippen LogP contribution in [0.4, 0.5) is 0 Å². The first-order chi connectivity index (χ1) is 17.3. The number of phenols is 1. The Morgan fingerprint density at radius 3 is 2.29 bits per heavy atom. The van der Waals surface area contributed by atoms with Crippen LogP contribution in [0.2, 0.25) is 0 Å². The van der Waals surface area contributed by atoms with Crippen molar-refractivity contribution in [2.24, 2.45) is 0 Å². The Bertz CT molecular complexity index is 1910. The number of aromatic nitrogens is 3. The third-order valence-corrected chi connectivity index (χ3v) is 6.79. The summed E-state index contributed by atoms with van der Waals surface area (Å²) in [6.45, 7) is 0. The van der Waals surface area contributed by atoms with E-state index in [1.807, 2.05) is 42.7 Å². The Morgan fingerprint density at radius 2 is 1.37 bits per heavy atom. The number of rotatable bonds is 2. The Hall–Kier alpha value is -4.83. The summed E-state index contributed by atoms with van der Waals surface area (Å²) in [5.74, 6) is 0.205. The average Bonchev–Trinajstić information content (AvgIpc) is 2.92. The van der Waals surface area contributed by atoms with E-state index < -0.39 is 0 Å². The fourth-order valence-corrected chi connectivity index (χ4v) is 5.22. The molecule has 0 saturated carbocycles. The molecule has 2 aromatic heterocycles. The number of fused-ring (bicyclic) bond motifs is 5. The van der Waals surface area contributed by atoms with E-state index in [1.54, 1.807) is 12.5 Å². The highest BCUT2D eigenvalue weighted by Crippen LogP contribution is 2.44. The fraction of sp³-hybridized carbons (Fsp3) is 0. The summed E-state index contributed by atoms with van der Waals surface area (Å²) in [6, 6.07) is 29.1. The number of hydrogen-bond donors (Lipinski definition) is 1. The van der Waals surface area contributed by atoms with Crippen molar-refractivity contribution >= 4 is 43.2 Å². The van der Waals surface area contributed by atoms with E-state index in [-0.39, 0.29) is 5.75 Å². The Labute approximate surface area is 201 Å². The molecule has 35 heavy (non-hydrogen) atoms. The van der Waals surface area contributed by atoms with Crippen molar-refractivity contribution in [3.63, 3.8) is 0 Å². The van der Waals surface area contributed by atoms with Crippen LogP contribution in [-0.2, 0) is 0 Å². The number of benzene rings is 5. The zero-order valence-corrected chi connectivity index (χ0v) is 18.7. The van der Waals surface area contributed by atoms with Crippen LogP contribution in [0.1, 0.15) is 0 Å². The molecule has 2 heterocycles. The van der Waals surface area contributed by atoms with Gasteiger partial charge in [0.2, 0.25) is 0 Å². The maximum absolute atomic E-state index is 11.4. The van der Waals surface area contributed by atoms with E-state index in [1.165, 1.54) is 0 Å². The van der Waals surface area contributed by atoms with Crippen molar-refractivity contribution in [3.8, 4) is 28.0 Å². The topological polar surface area (TPSA) is 58.9 Å². The second-order valence-corrected chi connectivity index (χ2v) is 8.70. The molecule has 0 atom stereocenters. The first-order valence-corrected chi connectivity index (χ1v) is 11.5. The van der Waals surface area contributed by atoms with Gasteiger partial charge >= 0.3 is 0 Å². The summed E-state index contributed by atoms with van der Waals surface area (Å²) in [7, 11) is 0. The molecular formula is C31H19N3O. The summed E-state index contributed by atoms with van der Waals surface area (Å²) in [4.78, 5) is 12.9. The highest BCUT2D eigenvalue weighted by atomic mass is 16.3. The van der Waals surface area contributed by atoms with E-state index in [0.29, 0.717) is 5.52 Å². The summed E-state index contributed by atoms with van der Waals surface area (Å²) in [5, 5.41) is 19.0. The molecule has 0 saturated heterocycles. The fourth-order valence-electron chi connectivity index (χ4n) is 5.22. The number of nitrogens with zero attached hydrogens (tertiary/aromatic N) is 3. The Morgan fingerprint density at radius 1 is 0.571 bits per heavy atom. The Balaban J connectivity index is 1.63. The van der Waals surface area contributed by atoms with Crippen LogP contribution in [0, 0.1) is 0 Å². The lowest BCUT2D eigenvalue weighted by Crippen LogP contribution is -1.90. The largest absolute Gasteiger partial charge is 0.505 e. The lowest BCUT2D eigenvalue weighted by Gasteiger charge is -2.16. The molecule has 5 aromatic carbocycles. The second-order valence-electron chi connectivity index (χ2n) is 8.70. The van der Waals surface area contributed by atoms with Gasteiger partial charge in [0.15, 0.2) is 0 Å². The summed E-state index contributed by atoms with van der Waals surface area (Å²) >= 11 is 0. The summed E-state index contributed by atoms with van der Waals surface area (Å²) in [6.07, 6.45) is 6.96. The molecule has 0 unspecified atom stereocenters. The van der Waals surface area contributed by atoms with Crippen molar-refractivity contribution in [2.75, 3.05) is 0 Å². The number of aromatic hydroxyl groups is 1. The van der Waals surface area contributed by atoms with Gasteiger partial charge in [0.25, 0.3) is 0 Å². The smallest absolute Gasteiger partial charge is 0.149 e. The monoisotopic (exact) mass is 449 g/mol. The number of pyridine rings is 1. The molecule has 0 aliphatic heterocycles. The predicted octanol–water partition coefficient (Wildman–Crippen LogP) is 7.52. The molecule has 7 rings (SSSR count). The summed E-state index contributed by atoms with van der Waals surface area (Å²) in [5.41, 5.74) is 4.48. The molecular weight excluding hydrogens is 430 g/mol. The average molecular weight is 450 g/mol. The van der Waals surface area contributed by atoms with E-state index in [9.17, 15) is 5.11 Å². The van der Waals surface area contributed by atoms with Crippen molar-refractivity contribution in [3.05, 3.63) is 110 Å². The molecule has 0 aliphatic rings. The molecule has 0 amide bonds.